The standard InChI is InChI=1S/C14H20ClNO3S/c1-12-4-2-10-16(12)20(17,18)14-7-5-13(6-8-14)19-11-3-9-15/h5-8,12H,2-4,9-11H2,1H3. The van der Waals surface area contributed by atoms with Gasteiger partial charge in [0.15, 0.2) is 0 Å². The average Bonchev–Trinajstić information content (AvgIpc) is 2.87. The molecule has 4 nitrogen and oxygen atoms in total. The zero-order valence-corrected chi connectivity index (χ0v) is 13.2. The highest BCUT2D eigenvalue weighted by atomic mass is 35.5. The Kier molecular flexibility index (Phi) is 5.29. The maximum absolute atomic E-state index is 12.5. The summed E-state index contributed by atoms with van der Waals surface area (Å²) in [5.41, 5.74) is 0. The highest BCUT2D eigenvalue weighted by Crippen LogP contribution is 2.26. The highest BCUT2D eigenvalue weighted by molar-refractivity contribution is 7.89. The van der Waals surface area contributed by atoms with Crippen LogP contribution in [0, 0.1) is 0 Å². The number of hydrogen-bond donors (Lipinski definition) is 0. The predicted molar refractivity (Wildman–Crippen MR) is 79.9 cm³/mol. The number of sulfonamides is 1. The van der Waals surface area contributed by atoms with Crippen LogP contribution in [0.1, 0.15) is 26.2 Å². The molecule has 0 radical (unpaired) electrons. The number of ether oxygens (including phenoxy) is 1. The molecule has 1 atom stereocenters. The van der Waals surface area contributed by atoms with Gasteiger partial charge in [0.1, 0.15) is 5.75 Å². The molecule has 2 rings (SSSR count). The molecule has 1 saturated heterocycles. The van der Waals surface area contributed by atoms with Gasteiger partial charge in [-0.05, 0) is 50.5 Å². The fraction of sp³-hybridized carbons (Fsp3) is 0.571. The summed E-state index contributed by atoms with van der Waals surface area (Å²) in [5.74, 6) is 1.22. The third-order valence-electron chi connectivity index (χ3n) is 3.47. The summed E-state index contributed by atoms with van der Waals surface area (Å²) >= 11 is 5.57. The van der Waals surface area contributed by atoms with E-state index in [4.69, 9.17) is 16.3 Å². The minimum Gasteiger partial charge on any atom is -0.494 e. The van der Waals surface area contributed by atoms with E-state index in [0.29, 0.717) is 29.7 Å². The number of benzene rings is 1. The molecule has 112 valence electrons. The quantitative estimate of drug-likeness (QED) is 0.598. The van der Waals surface area contributed by atoms with Gasteiger partial charge >= 0.3 is 0 Å². The molecule has 0 spiro atoms. The van der Waals surface area contributed by atoms with E-state index in [1.165, 1.54) is 0 Å². The van der Waals surface area contributed by atoms with Crippen molar-refractivity contribution in [1.82, 2.24) is 4.31 Å². The lowest BCUT2D eigenvalue weighted by Crippen LogP contribution is -2.33. The molecule has 1 unspecified atom stereocenters. The summed E-state index contributed by atoms with van der Waals surface area (Å²) in [6.45, 7) is 3.10. The summed E-state index contributed by atoms with van der Waals surface area (Å²) in [4.78, 5) is 0.330. The van der Waals surface area contributed by atoms with E-state index in [0.717, 1.165) is 19.3 Å². The molecule has 1 aromatic rings. The van der Waals surface area contributed by atoms with Crippen LogP contribution >= 0.6 is 11.6 Å². The normalized spacial score (nSPS) is 20.2. The molecular formula is C14H20ClNO3S. The van der Waals surface area contributed by atoms with Gasteiger partial charge < -0.3 is 4.74 Å². The number of hydrogen-bond acceptors (Lipinski definition) is 3. The van der Waals surface area contributed by atoms with E-state index in [1.54, 1.807) is 28.6 Å². The second-order valence-electron chi connectivity index (χ2n) is 4.97. The van der Waals surface area contributed by atoms with Crippen LogP contribution in [0.2, 0.25) is 0 Å². The second-order valence-corrected chi connectivity index (χ2v) is 7.24. The van der Waals surface area contributed by atoms with Crippen molar-refractivity contribution in [3.8, 4) is 5.75 Å². The minimum atomic E-state index is -3.37. The molecule has 1 aliphatic rings. The molecule has 1 aromatic carbocycles. The average molecular weight is 318 g/mol. The number of nitrogens with zero attached hydrogens (tertiary/aromatic N) is 1. The Bertz CT molecular complexity index is 530. The third-order valence-corrected chi connectivity index (χ3v) is 5.76. The van der Waals surface area contributed by atoms with Gasteiger partial charge in [-0.3, -0.25) is 0 Å². The summed E-state index contributed by atoms with van der Waals surface area (Å²) in [7, 11) is -3.37. The number of alkyl halides is 1. The molecule has 0 aliphatic carbocycles. The van der Waals surface area contributed by atoms with Crippen LogP contribution in [0.3, 0.4) is 0 Å². The van der Waals surface area contributed by atoms with E-state index in [-0.39, 0.29) is 6.04 Å². The SMILES string of the molecule is CC1CCCN1S(=O)(=O)c1ccc(OCCCCl)cc1. The van der Waals surface area contributed by atoms with E-state index in [2.05, 4.69) is 0 Å². The number of rotatable bonds is 6. The molecule has 0 amide bonds. The first kappa shape index (κ1) is 15.6. The van der Waals surface area contributed by atoms with Crippen molar-refractivity contribution >= 4 is 21.6 Å². The fourth-order valence-electron chi connectivity index (χ4n) is 2.35. The van der Waals surface area contributed by atoms with Gasteiger partial charge in [-0.1, -0.05) is 0 Å². The molecule has 0 saturated carbocycles. The van der Waals surface area contributed by atoms with Crippen LogP contribution in [0.15, 0.2) is 29.2 Å². The van der Waals surface area contributed by atoms with Crippen molar-refractivity contribution in [2.75, 3.05) is 19.0 Å². The van der Waals surface area contributed by atoms with Gasteiger partial charge in [0.25, 0.3) is 0 Å². The van der Waals surface area contributed by atoms with Gasteiger partial charge in [0.05, 0.1) is 11.5 Å². The highest BCUT2D eigenvalue weighted by Gasteiger charge is 2.32. The smallest absolute Gasteiger partial charge is 0.243 e. The van der Waals surface area contributed by atoms with Crippen LogP contribution in [-0.4, -0.2) is 37.8 Å². The van der Waals surface area contributed by atoms with E-state index < -0.39 is 10.0 Å². The minimum absolute atomic E-state index is 0.0830. The van der Waals surface area contributed by atoms with Crippen molar-refractivity contribution in [2.24, 2.45) is 0 Å². The van der Waals surface area contributed by atoms with Crippen LogP contribution in [0.25, 0.3) is 0 Å². The topological polar surface area (TPSA) is 46.6 Å². The second kappa shape index (κ2) is 6.78. The van der Waals surface area contributed by atoms with Gasteiger partial charge in [0.2, 0.25) is 10.0 Å². The maximum atomic E-state index is 12.5. The van der Waals surface area contributed by atoms with Crippen molar-refractivity contribution in [3.63, 3.8) is 0 Å². The van der Waals surface area contributed by atoms with Crippen LogP contribution in [0.5, 0.6) is 5.75 Å². The molecule has 0 N–H and O–H groups in total. The van der Waals surface area contributed by atoms with Gasteiger partial charge in [-0.15, -0.1) is 11.6 Å². The molecular weight excluding hydrogens is 298 g/mol. The van der Waals surface area contributed by atoms with E-state index >= 15 is 0 Å². The first-order valence-corrected chi connectivity index (χ1v) is 8.84. The zero-order valence-electron chi connectivity index (χ0n) is 11.6. The Balaban J connectivity index is 2.09. The largest absolute Gasteiger partial charge is 0.494 e. The van der Waals surface area contributed by atoms with Crippen LogP contribution < -0.4 is 4.74 Å². The van der Waals surface area contributed by atoms with Gasteiger partial charge in [-0.2, -0.15) is 4.31 Å². The van der Waals surface area contributed by atoms with Gasteiger partial charge in [-0.25, -0.2) is 8.42 Å². The lowest BCUT2D eigenvalue weighted by molar-refractivity contribution is 0.318. The lowest BCUT2D eigenvalue weighted by Gasteiger charge is -2.21. The Morgan fingerprint density at radius 1 is 1.35 bits per heavy atom. The van der Waals surface area contributed by atoms with Crippen molar-refractivity contribution in [3.05, 3.63) is 24.3 Å². The molecule has 20 heavy (non-hydrogen) atoms. The lowest BCUT2D eigenvalue weighted by atomic mass is 10.3. The summed E-state index contributed by atoms with van der Waals surface area (Å²) < 4.78 is 32.0. The van der Waals surface area contributed by atoms with Crippen LogP contribution in [-0.2, 0) is 10.0 Å². The monoisotopic (exact) mass is 317 g/mol. The molecule has 0 aromatic heterocycles. The van der Waals surface area contributed by atoms with Crippen molar-refractivity contribution < 1.29 is 13.2 Å². The molecule has 0 bridgehead atoms. The Morgan fingerprint density at radius 3 is 2.60 bits per heavy atom. The Labute approximate surface area is 125 Å². The van der Waals surface area contributed by atoms with Crippen molar-refractivity contribution in [1.29, 1.82) is 0 Å². The molecule has 6 heteroatoms. The summed E-state index contributed by atoms with van der Waals surface area (Å²) in [5, 5.41) is 0. The molecule has 1 fully saturated rings. The maximum Gasteiger partial charge on any atom is 0.243 e. The fourth-order valence-corrected chi connectivity index (χ4v) is 4.16. The molecule has 1 heterocycles. The van der Waals surface area contributed by atoms with E-state index in [1.807, 2.05) is 6.92 Å². The third kappa shape index (κ3) is 3.45. The zero-order chi connectivity index (χ0) is 14.6. The summed E-state index contributed by atoms with van der Waals surface area (Å²) in [6, 6.07) is 6.69. The summed E-state index contributed by atoms with van der Waals surface area (Å²) in [6.07, 6.45) is 2.63. The predicted octanol–water partition coefficient (Wildman–Crippen LogP) is 2.87. The first-order chi connectivity index (χ1) is 9.55. The number of halogens is 1. The van der Waals surface area contributed by atoms with Gasteiger partial charge in [0, 0.05) is 18.5 Å². The van der Waals surface area contributed by atoms with Crippen LogP contribution in [0.4, 0.5) is 0 Å². The Hall–Kier alpha value is -0.780. The Morgan fingerprint density at radius 2 is 2.05 bits per heavy atom. The first-order valence-electron chi connectivity index (χ1n) is 6.86. The van der Waals surface area contributed by atoms with Crippen molar-refractivity contribution in [2.45, 2.75) is 37.1 Å². The molecule has 1 aliphatic heterocycles. The van der Waals surface area contributed by atoms with E-state index in [9.17, 15) is 8.42 Å².